The fraction of sp³-hybridized carbons (Fsp3) is 0.440. The van der Waals surface area contributed by atoms with Gasteiger partial charge in [-0.25, -0.2) is 4.68 Å². The summed E-state index contributed by atoms with van der Waals surface area (Å²) in [4.78, 5) is 18.4. The highest BCUT2D eigenvalue weighted by atomic mass is 16.7. The quantitative estimate of drug-likeness (QED) is 0.424. The van der Waals surface area contributed by atoms with E-state index in [-0.39, 0.29) is 29.9 Å². The summed E-state index contributed by atoms with van der Waals surface area (Å²) in [7, 11) is 0. The van der Waals surface area contributed by atoms with E-state index in [4.69, 9.17) is 13.9 Å². The van der Waals surface area contributed by atoms with E-state index in [0.717, 1.165) is 17.0 Å². The minimum atomic E-state index is -0.300. The standard InChI is InChI=1S/C25H30N6O4/c1-15(2)22(23-27-28-29-31(23)25(3,4)5)30(13-18-7-6-8-33-18)12-17-9-16-10-20-21(35-14-34-20)11-19(16)26-24(17)32/h6-11,15,22H,12-14H2,1-5H3,(H,26,32)/t22-/m1/s1. The number of benzene rings is 1. The molecule has 0 fully saturated rings. The van der Waals surface area contributed by atoms with Crippen molar-refractivity contribution in [1.82, 2.24) is 30.1 Å². The van der Waals surface area contributed by atoms with Gasteiger partial charge in [0, 0.05) is 23.6 Å². The average molecular weight is 479 g/mol. The highest BCUT2D eigenvalue weighted by Gasteiger charge is 2.33. The molecule has 0 radical (unpaired) electrons. The van der Waals surface area contributed by atoms with E-state index in [2.05, 4.69) is 60.0 Å². The van der Waals surface area contributed by atoms with Gasteiger partial charge in [-0.15, -0.1) is 5.10 Å². The Labute approximate surface area is 202 Å². The van der Waals surface area contributed by atoms with Gasteiger partial charge in [-0.1, -0.05) is 13.8 Å². The molecule has 0 saturated carbocycles. The van der Waals surface area contributed by atoms with E-state index >= 15 is 0 Å². The summed E-state index contributed by atoms with van der Waals surface area (Å²) in [6.07, 6.45) is 1.66. The van der Waals surface area contributed by atoms with Gasteiger partial charge < -0.3 is 18.9 Å². The molecule has 1 atom stereocenters. The molecule has 0 aliphatic carbocycles. The van der Waals surface area contributed by atoms with E-state index < -0.39 is 0 Å². The van der Waals surface area contributed by atoms with Crippen LogP contribution >= 0.6 is 0 Å². The molecule has 1 aromatic carbocycles. The number of fused-ring (bicyclic) bond motifs is 2. The third kappa shape index (κ3) is 4.53. The summed E-state index contributed by atoms with van der Waals surface area (Å²) in [5.74, 6) is 3.01. The molecule has 1 N–H and O–H groups in total. The van der Waals surface area contributed by atoms with Gasteiger partial charge in [0.1, 0.15) is 5.76 Å². The molecule has 1 aliphatic heterocycles. The lowest BCUT2D eigenvalue weighted by atomic mass is 9.99. The Morgan fingerprint density at radius 1 is 1.14 bits per heavy atom. The number of nitrogens with zero attached hydrogens (tertiary/aromatic N) is 5. The molecule has 0 unspecified atom stereocenters. The largest absolute Gasteiger partial charge is 0.468 e. The van der Waals surface area contributed by atoms with Crippen molar-refractivity contribution in [3.8, 4) is 11.5 Å². The van der Waals surface area contributed by atoms with E-state index in [1.165, 1.54) is 0 Å². The molecule has 184 valence electrons. The van der Waals surface area contributed by atoms with E-state index in [0.29, 0.717) is 35.7 Å². The first kappa shape index (κ1) is 23.1. The second-order valence-electron chi connectivity index (χ2n) is 10.2. The molecule has 5 rings (SSSR count). The Bertz CT molecular complexity index is 1380. The van der Waals surface area contributed by atoms with E-state index in [9.17, 15) is 4.79 Å². The number of furan rings is 1. The maximum Gasteiger partial charge on any atom is 0.252 e. The van der Waals surface area contributed by atoms with Crippen molar-refractivity contribution >= 4 is 10.9 Å². The Balaban J connectivity index is 1.57. The number of hydrogen-bond acceptors (Lipinski definition) is 8. The third-order valence-electron chi connectivity index (χ3n) is 6.15. The lowest BCUT2D eigenvalue weighted by molar-refractivity contribution is 0.111. The summed E-state index contributed by atoms with van der Waals surface area (Å²) in [5, 5.41) is 13.6. The van der Waals surface area contributed by atoms with Crippen LogP contribution in [0.4, 0.5) is 0 Å². The molecular formula is C25H30N6O4. The van der Waals surface area contributed by atoms with Gasteiger partial charge in [0.15, 0.2) is 17.3 Å². The van der Waals surface area contributed by atoms with Crippen LogP contribution in [0.15, 0.2) is 45.8 Å². The summed E-state index contributed by atoms with van der Waals surface area (Å²) >= 11 is 0. The van der Waals surface area contributed by atoms with Crippen molar-refractivity contribution in [1.29, 1.82) is 0 Å². The van der Waals surface area contributed by atoms with Crippen LogP contribution in [0, 0.1) is 5.92 Å². The zero-order chi connectivity index (χ0) is 24.7. The number of pyridine rings is 1. The van der Waals surface area contributed by atoms with Gasteiger partial charge >= 0.3 is 0 Å². The van der Waals surface area contributed by atoms with Crippen LogP contribution in [-0.2, 0) is 18.6 Å². The number of H-pyrrole nitrogens is 1. The normalized spacial score (nSPS) is 14.4. The van der Waals surface area contributed by atoms with Crippen molar-refractivity contribution in [2.75, 3.05) is 6.79 Å². The fourth-order valence-electron chi connectivity index (χ4n) is 4.57. The molecule has 35 heavy (non-hydrogen) atoms. The summed E-state index contributed by atoms with van der Waals surface area (Å²) in [6, 6.07) is 9.24. The molecule has 0 bridgehead atoms. The lowest BCUT2D eigenvalue weighted by Crippen LogP contribution is -2.37. The number of aromatic nitrogens is 5. The maximum absolute atomic E-state index is 13.2. The van der Waals surface area contributed by atoms with Gasteiger partial charge in [-0.3, -0.25) is 9.69 Å². The Morgan fingerprint density at radius 3 is 2.60 bits per heavy atom. The first-order valence-corrected chi connectivity index (χ1v) is 11.7. The van der Waals surface area contributed by atoms with Crippen molar-refractivity contribution < 1.29 is 13.9 Å². The van der Waals surface area contributed by atoms with Crippen molar-refractivity contribution in [2.24, 2.45) is 5.92 Å². The van der Waals surface area contributed by atoms with Gasteiger partial charge in [0.05, 0.1) is 29.9 Å². The highest BCUT2D eigenvalue weighted by molar-refractivity contribution is 5.83. The van der Waals surface area contributed by atoms with Crippen LogP contribution in [0.2, 0.25) is 0 Å². The van der Waals surface area contributed by atoms with E-state index in [1.54, 1.807) is 12.3 Å². The SMILES string of the molecule is CC(C)[C@H](c1nnnn1C(C)(C)C)N(Cc1ccco1)Cc1cc2cc3c(cc2[nH]c1=O)OCO3. The predicted octanol–water partition coefficient (Wildman–Crippen LogP) is 3.99. The van der Waals surface area contributed by atoms with Gasteiger partial charge in [-0.05, 0) is 61.4 Å². The van der Waals surface area contributed by atoms with Crippen molar-refractivity contribution in [2.45, 2.75) is 59.3 Å². The molecule has 0 saturated heterocycles. The monoisotopic (exact) mass is 478 g/mol. The lowest BCUT2D eigenvalue weighted by Gasteiger charge is -2.34. The molecule has 0 amide bonds. The average Bonchev–Trinajstić information content (AvgIpc) is 3.54. The fourth-order valence-corrected chi connectivity index (χ4v) is 4.57. The maximum atomic E-state index is 13.2. The molecule has 3 aromatic heterocycles. The van der Waals surface area contributed by atoms with Crippen LogP contribution in [0.5, 0.6) is 11.5 Å². The molecule has 4 heterocycles. The topological polar surface area (TPSA) is 111 Å². The van der Waals surface area contributed by atoms with Crippen molar-refractivity contribution in [3.05, 3.63) is 64.1 Å². The number of ether oxygens (including phenoxy) is 2. The predicted molar refractivity (Wildman–Crippen MR) is 129 cm³/mol. The number of tetrazole rings is 1. The van der Waals surface area contributed by atoms with Crippen molar-refractivity contribution in [3.63, 3.8) is 0 Å². The Hall–Kier alpha value is -3.66. The van der Waals surface area contributed by atoms with Gasteiger partial charge in [0.25, 0.3) is 5.56 Å². The van der Waals surface area contributed by atoms with Crippen LogP contribution in [0.1, 0.15) is 57.8 Å². The van der Waals surface area contributed by atoms with Gasteiger partial charge in [-0.2, -0.15) is 0 Å². The molecule has 4 aromatic rings. The minimum absolute atomic E-state index is 0.154. The smallest absolute Gasteiger partial charge is 0.252 e. The molecule has 0 spiro atoms. The summed E-state index contributed by atoms with van der Waals surface area (Å²) in [5.41, 5.74) is 0.880. The van der Waals surface area contributed by atoms with Crippen LogP contribution in [0.25, 0.3) is 10.9 Å². The van der Waals surface area contributed by atoms with Crippen LogP contribution in [0.3, 0.4) is 0 Å². The third-order valence-corrected chi connectivity index (χ3v) is 6.15. The number of nitrogens with one attached hydrogen (secondary N) is 1. The zero-order valence-electron chi connectivity index (χ0n) is 20.6. The van der Waals surface area contributed by atoms with E-state index in [1.807, 2.05) is 28.9 Å². The second-order valence-corrected chi connectivity index (χ2v) is 10.2. The van der Waals surface area contributed by atoms with Crippen LogP contribution in [-0.4, -0.2) is 36.9 Å². The summed E-state index contributed by atoms with van der Waals surface area (Å²) < 4.78 is 18.5. The molecule has 10 heteroatoms. The molecule has 10 nitrogen and oxygen atoms in total. The zero-order valence-corrected chi connectivity index (χ0v) is 20.6. The Kier molecular flexibility index (Phi) is 5.84. The summed E-state index contributed by atoms with van der Waals surface area (Å²) in [6.45, 7) is 11.5. The number of rotatable bonds is 7. The first-order chi connectivity index (χ1) is 16.7. The number of aromatic amines is 1. The number of hydrogen-bond donors (Lipinski definition) is 1. The van der Waals surface area contributed by atoms with Crippen LogP contribution < -0.4 is 15.0 Å². The molecular weight excluding hydrogens is 448 g/mol. The van der Waals surface area contributed by atoms with Gasteiger partial charge in [0.2, 0.25) is 6.79 Å². The highest BCUT2D eigenvalue weighted by Crippen LogP contribution is 2.36. The molecule has 1 aliphatic rings. The minimum Gasteiger partial charge on any atom is -0.468 e. The second kappa shape index (κ2) is 8.84. The Morgan fingerprint density at radius 2 is 1.91 bits per heavy atom. The first-order valence-electron chi connectivity index (χ1n) is 11.7.